The second-order valence-corrected chi connectivity index (χ2v) is 9.90. The van der Waals surface area contributed by atoms with E-state index in [1.165, 1.54) is 11.6 Å². The van der Waals surface area contributed by atoms with Gasteiger partial charge in [0.2, 0.25) is 0 Å². The fourth-order valence-corrected chi connectivity index (χ4v) is 4.67. The summed E-state index contributed by atoms with van der Waals surface area (Å²) in [5, 5.41) is 14.2. The summed E-state index contributed by atoms with van der Waals surface area (Å²) in [4.78, 5) is 11.3. The Balaban J connectivity index is 1.90. The van der Waals surface area contributed by atoms with Crippen molar-refractivity contribution in [3.8, 4) is 12.3 Å². The molecule has 0 aromatic heterocycles. The van der Waals surface area contributed by atoms with Crippen molar-refractivity contribution in [2.24, 2.45) is 11.8 Å². The van der Waals surface area contributed by atoms with Gasteiger partial charge in [-0.2, -0.15) is 0 Å². The molecule has 0 amide bonds. The van der Waals surface area contributed by atoms with E-state index in [2.05, 4.69) is 51.1 Å². The number of carbonyl (C=O) groups excluding carboxylic acids is 1. The van der Waals surface area contributed by atoms with E-state index in [-0.39, 0.29) is 36.2 Å². The lowest BCUT2D eigenvalue weighted by Crippen LogP contribution is -2.51. The van der Waals surface area contributed by atoms with Gasteiger partial charge in [-0.1, -0.05) is 79.5 Å². The Labute approximate surface area is 217 Å². The number of allylic oxidation sites excluding steroid dienone is 7. The van der Waals surface area contributed by atoms with E-state index in [9.17, 15) is 9.90 Å². The highest BCUT2D eigenvalue weighted by molar-refractivity contribution is 5.82. The monoisotopic (exact) mass is 493 g/mol. The second-order valence-electron chi connectivity index (χ2n) is 9.90. The molecule has 2 aliphatic rings. The molecule has 196 valence electrons. The first-order valence-electron chi connectivity index (χ1n) is 12.9. The first-order valence-corrected chi connectivity index (χ1v) is 12.9. The molecular weight excluding hydrogens is 450 g/mol. The van der Waals surface area contributed by atoms with Crippen LogP contribution in [0.5, 0.6) is 0 Å². The Kier molecular flexibility index (Phi) is 12.7. The third kappa shape index (κ3) is 10.1. The number of carbonyl (C=O) groups is 1. The van der Waals surface area contributed by atoms with Gasteiger partial charge in [-0.25, -0.2) is 4.79 Å². The Morgan fingerprint density at radius 2 is 2.14 bits per heavy atom. The van der Waals surface area contributed by atoms with Crippen LogP contribution >= 0.6 is 0 Å². The molecule has 7 atom stereocenters. The van der Waals surface area contributed by atoms with Crippen LogP contribution in [0.3, 0.4) is 0 Å². The van der Waals surface area contributed by atoms with E-state index >= 15 is 0 Å². The number of cyclic esters (lactones) is 1. The van der Waals surface area contributed by atoms with Crippen LogP contribution < -0.4 is 5.32 Å². The predicted molar refractivity (Wildman–Crippen MR) is 147 cm³/mol. The van der Waals surface area contributed by atoms with E-state index in [0.29, 0.717) is 25.3 Å². The smallest absolute Gasteiger partial charge is 0.331 e. The van der Waals surface area contributed by atoms with Crippen LogP contribution in [0, 0.1) is 24.2 Å². The molecule has 1 saturated heterocycles. The third-order valence-corrected chi connectivity index (χ3v) is 6.54. The molecule has 1 fully saturated rings. The van der Waals surface area contributed by atoms with E-state index in [0.717, 1.165) is 12.0 Å². The zero-order valence-electron chi connectivity index (χ0n) is 22.4. The molecule has 2 aliphatic heterocycles. The van der Waals surface area contributed by atoms with Crippen LogP contribution in [0.2, 0.25) is 0 Å². The van der Waals surface area contributed by atoms with Crippen LogP contribution in [-0.2, 0) is 14.3 Å². The number of hydrogen-bond donors (Lipinski definition) is 2. The Morgan fingerprint density at radius 3 is 2.83 bits per heavy atom. The lowest BCUT2D eigenvalue weighted by atomic mass is 9.86. The van der Waals surface area contributed by atoms with Crippen molar-refractivity contribution in [3.63, 3.8) is 0 Å². The quantitative estimate of drug-likeness (QED) is 0.179. The molecule has 5 heteroatoms. The highest BCUT2D eigenvalue weighted by atomic mass is 16.5. The molecule has 0 bridgehead atoms. The second kappa shape index (κ2) is 15.5. The van der Waals surface area contributed by atoms with E-state index < -0.39 is 6.10 Å². The first kappa shape index (κ1) is 29.6. The van der Waals surface area contributed by atoms with Gasteiger partial charge in [0.05, 0.1) is 24.9 Å². The van der Waals surface area contributed by atoms with Crippen molar-refractivity contribution < 1.29 is 19.4 Å². The molecular formula is C31H43NO4. The lowest BCUT2D eigenvalue weighted by molar-refractivity contribution is -0.141. The molecule has 0 aromatic rings. The fourth-order valence-electron chi connectivity index (χ4n) is 4.67. The number of aliphatic hydroxyl groups excluding tert-OH is 1. The summed E-state index contributed by atoms with van der Waals surface area (Å²) in [5.74, 6) is 2.98. The molecule has 0 spiro atoms. The largest absolute Gasteiger partial charge is 0.455 e. The summed E-state index contributed by atoms with van der Waals surface area (Å²) in [6.45, 7) is 11.0. The van der Waals surface area contributed by atoms with Gasteiger partial charge in [-0.05, 0) is 45.6 Å². The number of terminal acetylenes is 1. The molecule has 1 unspecified atom stereocenters. The van der Waals surface area contributed by atoms with Gasteiger partial charge in [0, 0.05) is 24.5 Å². The average molecular weight is 494 g/mol. The zero-order chi connectivity index (χ0) is 26.5. The Morgan fingerprint density at radius 1 is 1.36 bits per heavy atom. The maximum absolute atomic E-state index is 11.3. The topological polar surface area (TPSA) is 67.8 Å². The molecule has 5 nitrogen and oxygen atoms in total. The fraction of sp³-hybridized carbons (Fsp3) is 0.516. The third-order valence-electron chi connectivity index (χ3n) is 6.54. The van der Waals surface area contributed by atoms with Crippen LogP contribution in [0.1, 0.15) is 53.9 Å². The van der Waals surface area contributed by atoms with Crippen molar-refractivity contribution in [2.75, 3.05) is 6.54 Å². The zero-order valence-corrected chi connectivity index (χ0v) is 22.4. The highest BCUT2D eigenvalue weighted by Crippen LogP contribution is 2.28. The summed E-state index contributed by atoms with van der Waals surface area (Å²) in [7, 11) is 0. The van der Waals surface area contributed by atoms with Gasteiger partial charge in [0.15, 0.2) is 0 Å². The van der Waals surface area contributed by atoms with Gasteiger partial charge >= 0.3 is 5.97 Å². The number of nitrogens with one attached hydrogen (secondary N) is 1. The normalized spacial score (nSPS) is 29.6. The summed E-state index contributed by atoms with van der Waals surface area (Å²) in [6, 6.07) is 0.188. The molecule has 36 heavy (non-hydrogen) atoms. The molecule has 2 N–H and O–H groups in total. The van der Waals surface area contributed by atoms with Crippen molar-refractivity contribution in [2.45, 2.75) is 84.3 Å². The van der Waals surface area contributed by atoms with Gasteiger partial charge < -0.3 is 19.9 Å². The standard InChI is InChI=1S/C31H43NO4/c1-7-11-29-25(6)27(32-18-8-2)21-30(36-29)28(33)14-9-12-22(3)19-24(5)20-23(4)16-17-26-13-10-15-31(34)35-26/h2,7,9-12,14-17,20,24-30,32-33H,13,18-19,21H2,1,3-6H3/b11-7+,14-9+,17-16+,22-12+,23-20-/t24-,25+,26-,27?,28-,29+,30+/m1/s1. The van der Waals surface area contributed by atoms with Crippen molar-refractivity contribution in [1.29, 1.82) is 0 Å². The number of aliphatic hydroxyl groups is 1. The minimum Gasteiger partial charge on any atom is -0.455 e. The lowest BCUT2D eigenvalue weighted by Gasteiger charge is -2.41. The van der Waals surface area contributed by atoms with E-state index in [4.69, 9.17) is 15.9 Å². The van der Waals surface area contributed by atoms with E-state index in [1.54, 1.807) is 0 Å². The Bertz CT molecular complexity index is 933. The number of ether oxygens (including phenoxy) is 2. The molecule has 2 heterocycles. The SMILES string of the molecule is C#CCNC1C[C@@H]([C@H](O)/C=C/C=C(\C)C[C@@H](C)/C=C(C)\C=C\[C@H]2CC=CC(=O)O2)O[C@@H](/C=C/C)[C@H]1C. The summed E-state index contributed by atoms with van der Waals surface area (Å²) >= 11 is 0. The molecule has 2 rings (SSSR count). The van der Waals surface area contributed by atoms with Crippen molar-refractivity contribution in [1.82, 2.24) is 5.32 Å². The van der Waals surface area contributed by atoms with Crippen LogP contribution in [0.15, 0.2) is 71.9 Å². The summed E-state index contributed by atoms with van der Waals surface area (Å²) in [5.41, 5.74) is 2.36. The molecule has 0 saturated carbocycles. The van der Waals surface area contributed by atoms with Gasteiger partial charge in [0.25, 0.3) is 0 Å². The van der Waals surface area contributed by atoms with Crippen LogP contribution in [0.25, 0.3) is 0 Å². The average Bonchev–Trinajstić information content (AvgIpc) is 2.83. The highest BCUT2D eigenvalue weighted by Gasteiger charge is 2.36. The maximum Gasteiger partial charge on any atom is 0.331 e. The number of rotatable bonds is 11. The minimum atomic E-state index is -0.696. The summed E-state index contributed by atoms with van der Waals surface area (Å²) < 4.78 is 11.5. The van der Waals surface area contributed by atoms with E-state index in [1.807, 2.05) is 49.5 Å². The van der Waals surface area contributed by atoms with Crippen LogP contribution in [0.4, 0.5) is 0 Å². The predicted octanol–water partition coefficient (Wildman–Crippen LogP) is 5.21. The van der Waals surface area contributed by atoms with Gasteiger partial charge in [0.1, 0.15) is 6.10 Å². The molecule has 0 aliphatic carbocycles. The maximum atomic E-state index is 11.3. The summed E-state index contributed by atoms with van der Waals surface area (Å²) in [6.07, 6.45) is 25.8. The Hall–Kier alpha value is -2.65. The molecule has 0 radical (unpaired) electrons. The first-order chi connectivity index (χ1) is 17.2. The van der Waals surface area contributed by atoms with Crippen LogP contribution in [-0.4, -0.2) is 48.1 Å². The van der Waals surface area contributed by atoms with Gasteiger partial charge in [-0.3, -0.25) is 0 Å². The van der Waals surface area contributed by atoms with Crippen molar-refractivity contribution >= 4 is 5.97 Å². The molecule has 0 aromatic carbocycles. The van der Waals surface area contributed by atoms with Crippen molar-refractivity contribution in [3.05, 3.63) is 71.9 Å². The number of esters is 1. The number of hydrogen-bond acceptors (Lipinski definition) is 5. The van der Waals surface area contributed by atoms with Gasteiger partial charge in [-0.15, -0.1) is 6.42 Å². The minimum absolute atomic E-state index is 0.0593.